The van der Waals surface area contributed by atoms with E-state index in [4.69, 9.17) is 9.47 Å². The van der Waals surface area contributed by atoms with Gasteiger partial charge in [-0.1, -0.05) is 15.9 Å². The van der Waals surface area contributed by atoms with Gasteiger partial charge in [0.25, 0.3) is 0 Å². The highest BCUT2D eigenvalue weighted by Crippen LogP contribution is 2.25. The van der Waals surface area contributed by atoms with Gasteiger partial charge in [0.15, 0.2) is 5.78 Å². The fourth-order valence-corrected chi connectivity index (χ4v) is 3.15. The highest BCUT2D eigenvalue weighted by molar-refractivity contribution is 9.10. The number of Topliss-reactive ketones (excluding diaryl/α,β-unsaturated/α-hetero) is 1. The second kappa shape index (κ2) is 6.59. The molecule has 1 aliphatic heterocycles. The number of methoxy groups -OCH3 is 1. The van der Waals surface area contributed by atoms with Crippen molar-refractivity contribution in [1.29, 1.82) is 0 Å². The highest BCUT2D eigenvalue weighted by atomic mass is 79.9. The zero-order valence-electron chi connectivity index (χ0n) is 10.1. The molecule has 0 saturated carbocycles. The van der Waals surface area contributed by atoms with Crippen LogP contribution < -0.4 is 4.74 Å². The molecule has 1 aromatic rings. The number of ketones is 1. The normalized spacial score (nSPS) is 19.6. The summed E-state index contributed by atoms with van der Waals surface area (Å²) >= 11 is 5.18. The molecule has 1 aliphatic rings. The average molecular weight is 331 g/mol. The van der Waals surface area contributed by atoms with Crippen LogP contribution >= 0.6 is 27.7 Å². The average Bonchev–Trinajstić information content (AvgIpc) is 2.40. The Balaban J connectivity index is 2.07. The lowest BCUT2D eigenvalue weighted by atomic mass is 10.1. The minimum atomic E-state index is -0.271. The summed E-state index contributed by atoms with van der Waals surface area (Å²) in [5.74, 6) is 2.60. The van der Waals surface area contributed by atoms with Crippen LogP contribution in [0.2, 0.25) is 0 Å². The standard InChI is InChI=1S/C13H15BrO3S/c1-16-12-3-2-10(14)6-9(12)7-11(15)13-8-18-5-4-17-13/h2-3,6,13H,4-5,7-8H2,1H3. The number of carbonyl (C=O) groups is 1. The van der Waals surface area contributed by atoms with Gasteiger partial charge in [-0.15, -0.1) is 0 Å². The van der Waals surface area contributed by atoms with Crippen molar-refractivity contribution in [2.24, 2.45) is 0 Å². The lowest BCUT2D eigenvalue weighted by Crippen LogP contribution is -2.32. The van der Waals surface area contributed by atoms with Crippen molar-refractivity contribution < 1.29 is 14.3 Å². The van der Waals surface area contributed by atoms with Gasteiger partial charge in [0, 0.05) is 28.0 Å². The Morgan fingerprint density at radius 3 is 3.11 bits per heavy atom. The SMILES string of the molecule is COc1ccc(Br)cc1CC(=O)C1CSCCO1. The van der Waals surface area contributed by atoms with Gasteiger partial charge in [0.05, 0.1) is 13.7 Å². The molecule has 0 aromatic heterocycles. The number of halogens is 1. The van der Waals surface area contributed by atoms with E-state index in [1.807, 2.05) is 18.2 Å². The van der Waals surface area contributed by atoms with Gasteiger partial charge in [-0.2, -0.15) is 11.8 Å². The number of ether oxygens (including phenoxy) is 2. The molecule has 98 valence electrons. The van der Waals surface area contributed by atoms with E-state index in [1.54, 1.807) is 18.9 Å². The van der Waals surface area contributed by atoms with Crippen molar-refractivity contribution >= 4 is 33.5 Å². The Bertz CT molecular complexity index is 430. The first kappa shape index (κ1) is 13.9. The van der Waals surface area contributed by atoms with Gasteiger partial charge >= 0.3 is 0 Å². The van der Waals surface area contributed by atoms with Crippen LogP contribution in [0.3, 0.4) is 0 Å². The summed E-state index contributed by atoms with van der Waals surface area (Å²) in [4.78, 5) is 12.1. The van der Waals surface area contributed by atoms with Crippen molar-refractivity contribution in [1.82, 2.24) is 0 Å². The highest BCUT2D eigenvalue weighted by Gasteiger charge is 2.23. The zero-order chi connectivity index (χ0) is 13.0. The molecule has 3 nitrogen and oxygen atoms in total. The fraction of sp³-hybridized carbons (Fsp3) is 0.462. The summed E-state index contributed by atoms with van der Waals surface area (Å²) in [5.41, 5.74) is 0.899. The maximum Gasteiger partial charge on any atom is 0.166 e. The number of thioether (sulfide) groups is 1. The first-order chi connectivity index (χ1) is 8.70. The molecule has 0 amide bonds. The van der Waals surface area contributed by atoms with Crippen molar-refractivity contribution in [2.75, 3.05) is 25.2 Å². The van der Waals surface area contributed by atoms with E-state index >= 15 is 0 Å². The topological polar surface area (TPSA) is 35.5 Å². The van der Waals surface area contributed by atoms with Gasteiger partial charge in [0.2, 0.25) is 0 Å². The number of benzene rings is 1. The number of rotatable bonds is 4. The lowest BCUT2D eigenvalue weighted by molar-refractivity contribution is -0.128. The van der Waals surface area contributed by atoms with Crippen LogP contribution in [0.15, 0.2) is 22.7 Å². The molecule has 1 saturated heterocycles. The Morgan fingerprint density at radius 1 is 1.61 bits per heavy atom. The first-order valence-corrected chi connectivity index (χ1v) is 7.70. The third-order valence-electron chi connectivity index (χ3n) is 2.78. The minimum absolute atomic E-state index is 0.124. The maximum absolute atomic E-state index is 12.1. The largest absolute Gasteiger partial charge is 0.496 e. The molecule has 18 heavy (non-hydrogen) atoms. The van der Waals surface area contributed by atoms with Crippen molar-refractivity contribution in [3.8, 4) is 5.75 Å². The minimum Gasteiger partial charge on any atom is -0.496 e. The molecule has 1 unspecified atom stereocenters. The molecule has 1 fully saturated rings. The molecule has 5 heteroatoms. The monoisotopic (exact) mass is 330 g/mol. The Hall–Kier alpha value is -0.520. The van der Waals surface area contributed by atoms with Crippen LogP contribution in [0.25, 0.3) is 0 Å². The predicted molar refractivity (Wildman–Crippen MR) is 76.5 cm³/mol. The van der Waals surface area contributed by atoms with E-state index < -0.39 is 0 Å². The van der Waals surface area contributed by atoms with Crippen molar-refractivity contribution in [2.45, 2.75) is 12.5 Å². The molecule has 0 bridgehead atoms. The molecular weight excluding hydrogens is 316 g/mol. The molecule has 0 aliphatic carbocycles. The summed E-state index contributed by atoms with van der Waals surface area (Å²) < 4.78 is 11.7. The van der Waals surface area contributed by atoms with Crippen LogP contribution in [-0.2, 0) is 16.0 Å². The Morgan fingerprint density at radius 2 is 2.44 bits per heavy atom. The zero-order valence-corrected chi connectivity index (χ0v) is 12.6. The molecule has 1 heterocycles. The predicted octanol–water partition coefficient (Wildman–Crippen LogP) is 2.70. The van der Waals surface area contributed by atoms with Gasteiger partial charge in [-0.25, -0.2) is 0 Å². The van der Waals surface area contributed by atoms with E-state index in [0.717, 1.165) is 27.3 Å². The molecule has 0 N–H and O–H groups in total. The number of hydrogen-bond acceptors (Lipinski definition) is 4. The second-order valence-electron chi connectivity index (χ2n) is 4.03. The summed E-state index contributed by atoms with van der Waals surface area (Å²) in [6, 6.07) is 5.69. The summed E-state index contributed by atoms with van der Waals surface area (Å²) in [7, 11) is 1.62. The van der Waals surface area contributed by atoms with Gasteiger partial charge in [0.1, 0.15) is 11.9 Å². The van der Waals surface area contributed by atoms with Crippen LogP contribution in [0.4, 0.5) is 0 Å². The molecule has 2 rings (SSSR count). The third kappa shape index (κ3) is 3.49. The van der Waals surface area contributed by atoms with E-state index in [2.05, 4.69) is 15.9 Å². The number of carbonyl (C=O) groups excluding carboxylic acids is 1. The molecule has 1 atom stereocenters. The summed E-state index contributed by atoms with van der Waals surface area (Å²) in [6.45, 7) is 0.663. The second-order valence-corrected chi connectivity index (χ2v) is 6.10. The molecule has 0 radical (unpaired) electrons. The van der Waals surface area contributed by atoms with Crippen LogP contribution in [0.5, 0.6) is 5.75 Å². The van der Waals surface area contributed by atoms with Gasteiger partial charge in [-0.05, 0) is 18.2 Å². The smallest absolute Gasteiger partial charge is 0.166 e. The lowest BCUT2D eigenvalue weighted by Gasteiger charge is -2.21. The molecule has 0 spiro atoms. The van der Waals surface area contributed by atoms with Crippen LogP contribution in [-0.4, -0.2) is 37.1 Å². The third-order valence-corrected chi connectivity index (χ3v) is 4.27. The summed E-state index contributed by atoms with van der Waals surface area (Å²) in [5, 5.41) is 0. The van der Waals surface area contributed by atoms with Gasteiger partial charge < -0.3 is 9.47 Å². The fourth-order valence-electron chi connectivity index (χ4n) is 1.86. The van der Waals surface area contributed by atoms with E-state index in [1.165, 1.54) is 0 Å². The maximum atomic E-state index is 12.1. The van der Waals surface area contributed by atoms with Crippen LogP contribution in [0, 0.1) is 0 Å². The van der Waals surface area contributed by atoms with E-state index in [0.29, 0.717) is 13.0 Å². The van der Waals surface area contributed by atoms with Crippen molar-refractivity contribution in [3.05, 3.63) is 28.2 Å². The molecule has 1 aromatic carbocycles. The first-order valence-electron chi connectivity index (χ1n) is 5.75. The Labute approximate surface area is 119 Å². The van der Waals surface area contributed by atoms with E-state index in [9.17, 15) is 4.79 Å². The van der Waals surface area contributed by atoms with Gasteiger partial charge in [-0.3, -0.25) is 4.79 Å². The quantitative estimate of drug-likeness (QED) is 0.850. The van der Waals surface area contributed by atoms with E-state index in [-0.39, 0.29) is 11.9 Å². The van der Waals surface area contributed by atoms with Crippen molar-refractivity contribution in [3.63, 3.8) is 0 Å². The molecular formula is C13H15BrO3S. The number of hydrogen-bond donors (Lipinski definition) is 0. The Kier molecular flexibility index (Phi) is 5.09. The van der Waals surface area contributed by atoms with Crippen LogP contribution in [0.1, 0.15) is 5.56 Å². The summed E-state index contributed by atoms with van der Waals surface area (Å²) in [6.07, 6.45) is 0.0841.